The van der Waals surface area contributed by atoms with Gasteiger partial charge in [0, 0.05) is 24.7 Å². The number of hydrogen-bond acceptors (Lipinski definition) is 5. The smallest absolute Gasteiger partial charge is 0.271 e. The molecule has 6 nitrogen and oxygen atoms in total. The van der Waals surface area contributed by atoms with E-state index in [-0.39, 0.29) is 0 Å². The SMILES string of the molecule is CCc1nn(C)cc1NS(=O)(=O)c1ccc(CNC)s1. The van der Waals surface area contributed by atoms with Crippen LogP contribution in [-0.2, 0) is 30.0 Å². The molecule has 0 saturated heterocycles. The molecule has 0 unspecified atom stereocenters. The van der Waals surface area contributed by atoms with Gasteiger partial charge in [-0.3, -0.25) is 9.40 Å². The van der Waals surface area contributed by atoms with Crippen LogP contribution in [0.5, 0.6) is 0 Å². The molecule has 0 aliphatic carbocycles. The lowest BCUT2D eigenvalue weighted by Crippen LogP contribution is -2.12. The molecule has 0 spiro atoms. The highest BCUT2D eigenvalue weighted by Gasteiger charge is 2.19. The zero-order chi connectivity index (χ0) is 14.8. The average molecular weight is 314 g/mol. The van der Waals surface area contributed by atoms with Gasteiger partial charge in [0.15, 0.2) is 0 Å². The van der Waals surface area contributed by atoms with Gasteiger partial charge < -0.3 is 5.32 Å². The number of aryl methyl sites for hydroxylation is 2. The van der Waals surface area contributed by atoms with E-state index in [0.29, 0.717) is 22.9 Å². The molecule has 2 aromatic heterocycles. The normalized spacial score (nSPS) is 11.8. The number of nitrogens with one attached hydrogen (secondary N) is 2. The topological polar surface area (TPSA) is 76.0 Å². The number of anilines is 1. The number of nitrogens with zero attached hydrogens (tertiary/aromatic N) is 2. The Kier molecular flexibility index (Phi) is 4.46. The van der Waals surface area contributed by atoms with E-state index in [1.807, 2.05) is 20.0 Å². The fraction of sp³-hybridized carbons (Fsp3) is 0.417. The van der Waals surface area contributed by atoms with Crippen LogP contribution in [0.2, 0.25) is 0 Å². The van der Waals surface area contributed by atoms with Crippen molar-refractivity contribution in [2.75, 3.05) is 11.8 Å². The Morgan fingerprint density at radius 1 is 1.40 bits per heavy atom. The summed E-state index contributed by atoms with van der Waals surface area (Å²) in [5, 5.41) is 7.23. The summed E-state index contributed by atoms with van der Waals surface area (Å²) in [5.74, 6) is 0. The summed E-state index contributed by atoms with van der Waals surface area (Å²) in [7, 11) is 0.0570. The van der Waals surface area contributed by atoms with Gasteiger partial charge in [0.25, 0.3) is 10.0 Å². The van der Waals surface area contributed by atoms with Gasteiger partial charge in [0.1, 0.15) is 4.21 Å². The van der Waals surface area contributed by atoms with Crippen LogP contribution >= 0.6 is 11.3 Å². The number of sulfonamides is 1. The number of thiophene rings is 1. The lowest BCUT2D eigenvalue weighted by Gasteiger charge is -2.05. The maximum atomic E-state index is 12.3. The zero-order valence-electron chi connectivity index (χ0n) is 11.7. The van der Waals surface area contributed by atoms with E-state index in [1.54, 1.807) is 24.0 Å². The molecule has 8 heteroatoms. The summed E-state index contributed by atoms with van der Waals surface area (Å²) in [4.78, 5) is 0.981. The Balaban J connectivity index is 2.25. The average Bonchev–Trinajstić information content (AvgIpc) is 2.96. The van der Waals surface area contributed by atoms with E-state index < -0.39 is 10.0 Å². The largest absolute Gasteiger partial charge is 0.315 e. The molecule has 0 fully saturated rings. The number of rotatable bonds is 6. The summed E-state index contributed by atoms with van der Waals surface area (Å²) < 4.78 is 29.2. The van der Waals surface area contributed by atoms with Crippen LogP contribution in [0.1, 0.15) is 17.5 Å². The molecule has 2 rings (SSSR count). The Bertz CT molecular complexity index is 688. The first-order valence-corrected chi connectivity index (χ1v) is 8.55. The van der Waals surface area contributed by atoms with Crippen LogP contribution in [0, 0.1) is 0 Å². The molecule has 110 valence electrons. The molecule has 0 amide bonds. The molecule has 0 radical (unpaired) electrons. The van der Waals surface area contributed by atoms with Crippen LogP contribution in [-0.4, -0.2) is 25.2 Å². The molecular formula is C12H18N4O2S2. The first-order chi connectivity index (χ1) is 9.46. The van der Waals surface area contributed by atoms with Gasteiger partial charge in [-0.15, -0.1) is 11.3 Å². The summed E-state index contributed by atoms with van der Waals surface area (Å²) in [6.07, 6.45) is 2.35. The molecule has 0 bridgehead atoms. The second kappa shape index (κ2) is 5.94. The Hall–Kier alpha value is -1.38. The highest BCUT2D eigenvalue weighted by Crippen LogP contribution is 2.25. The highest BCUT2D eigenvalue weighted by atomic mass is 32.2. The van der Waals surface area contributed by atoms with Gasteiger partial charge in [0.2, 0.25) is 0 Å². The van der Waals surface area contributed by atoms with E-state index in [9.17, 15) is 8.42 Å². The van der Waals surface area contributed by atoms with Crippen molar-refractivity contribution in [1.29, 1.82) is 0 Å². The summed E-state index contributed by atoms with van der Waals surface area (Å²) in [6, 6.07) is 3.45. The fourth-order valence-corrected chi connectivity index (χ4v) is 4.29. The molecule has 2 aromatic rings. The number of aromatic nitrogens is 2. The predicted octanol–water partition coefficient (Wildman–Crippen LogP) is 1.56. The molecule has 0 aliphatic heterocycles. The third kappa shape index (κ3) is 3.20. The van der Waals surface area contributed by atoms with Crippen molar-refractivity contribution in [1.82, 2.24) is 15.1 Å². The zero-order valence-corrected chi connectivity index (χ0v) is 13.3. The summed E-state index contributed by atoms with van der Waals surface area (Å²) in [6.45, 7) is 2.60. The van der Waals surface area contributed by atoms with Gasteiger partial charge in [-0.25, -0.2) is 8.42 Å². The Morgan fingerprint density at radius 2 is 2.15 bits per heavy atom. The number of hydrogen-bond donors (Lipinski definition) is 2. The molecule has 0 aliphatic rings. The van der Waals surface area contributed by atoms with Crippen molar-refractivity contribution in [3.63, 3.8) is 0 Å². The van der Waals surface area contributed by atoms with E-state index in [0.717, 1.165) is 10.6 Å². The van der Waals surface area contributed by atoms with Crippen molar-refractivity contribution < 1.29 is 8.42 Å². The lowest BCUT2D eigenvalue weighted by molar-refractivity contribution is 0.603. The van der Waals surface area contributed by atoms with Crippen molar-refractivity contribution >= 4 is 27.0 Å². The van der Waals surface area contributed by atoms with E-state index in [1.165, 1.54) is 11.3 Å². The first-order valence-electron chi connectivity index (χ1n) is 6.25. The lowest BCUT2D eigenvalue weighted by atomic mass is 10.3. The minimum atomic E-state index is -3.54. The molecule has 0 aromatic carbocycles. The van der Waals surface area contributed by atoms with Crippen molar-refractivity contribution in [2.24, 2.45) is 7.05 Å². The van der Waals surface area contributed by atoms with E-state index in [2.05, 4.69) is 15.1 Å². The minimum absolute atomic E-state index is 0.314. The maximum absolute atomic E-state index is 12.3. The molecule has 2 heterocycles. The molecule has 20 heavy (non-hydrogen) atoms. The summed E-state index contributed by atoms with van der Waals surface area (Å²) in [5.41, 5.74) is 1.28. The van der Waals surface area contributed by atoms with Gasteiger partial charge >= 0.3 is 0 Å². The van der Waals surface area contributed by atoms with Crippen LogP contribution in [0.3, 0.4) is 0 Å². The van der Waals surface area contributed by atoms with Crippen LogP contribution < -0.4 is 10.0 Å². The van der Waals surface area contributed by atoms with Gasteiger partial charge in [-0.2, -0.15) is 5.10 Å². The first kappa shape index (κ1) is 15.0. The monoisotopic (exact) mass is 314 g/mol. The van der Waals surface area contributed by atoms with Crippen LogP contribution in [0.25, 0.3) is 0 Å². The fourth-order valence-electron chi connectivity index (χ4n) is 1.85. The third-order valence-corrected chi connectivity index (χ3v) is 5.68. The van der Waals surface area contributed by atoms with Gasteiger partial charge in [-0.05, 0) is 25.6 Å². The second-order valence-corrected chi connectivity index (χ2v) is 7.45. The Labute approximate surface area is 122 Å². The minimum Gasteiger partial charge on any atom is -0.315 e. The maximum Gasteiger partial charge on any atom is 0.271 e. The molecule has 2 N–H and O–H groups in total. The van der Waals surface area contributed by atoms with Crippen molar-refractivity contribution in [3.8, 4) is 0 Å². The highest BCUT2D eigenvalue weighted by molar-refractivity contribution is 7.94. The van der Waals surface area contributed by atoms with Crippen LogP contribution in [0.4, 0.5) is 5.69 Å². The van der Waals surface area contributed by atoms with Gasteiger partial charge in [0.05, 0.1) is 11.4 Å². The summed E-state index contributed by atoms with van der Waals surface area (Å²) >= 11 is 1.26. The quantitative estimate of drug-likeness (QED) is 0.848. The van der Waals surface area contributed by atoms with Crippen molar-refractivity contribution in [2.45, 2.75) is 24.1 Å². The Morgan fingerprint density at radius 3 is 2.80 bits per heavy atom. The molecule has 0 atom stereocenters. The molecular weight excluding hydrogens is 296 g/mol. The molecule has 0 saturated carbocycles. The predicted molar refractivity (Wildman–Crippen MR) is 80.5 cm³/mol. The van der Waals surface area contributed by atoms with E-state index >= 15 is 0 Å². The van der Waals surface area contributed by atoms with Gasteiger partial charge in [-0.1, -0.05) is 6.92 Å². The van der Waals surface area contributed by atoms with Crippen LogP contribution in [0.15, 0.2) is 22.5 Å². The van der Waals surface area contributed by atoms with Crippen molar-refractivity contribution in [3.05, 3.63) is 28.9 Å². The standard InChI is InChI=1S/C12H18N4O2S2/c1-4-10-11(8-16(3)14-10)15-20(17,18)12-6-5-9(19-12)7-13-2/h5-6,8,13,15H,4,7H2,1-3H3. The third-order valence-electron chi connectivity index (χ3n) is 2.74. The van der Waals surface area contributed by atoms with E-state index in [4.69, 9.17) is 0 Å². The second-order valence-electron chi connectivity index (χ2n) is 4.37.